The molecule has 1 aromatic carbocycles. The Labute approximate surface area is 126 Å². The minimum absolute atomic E-state index is 0.180. The zero-order valence-electron chi connectivity index (χ0n) is 10.2. The molecule has 0 fully saturated rings. The van der Waals surface area contributed by atoms with Crippen LogP contribution in [0.5, 0.6) is 5.75 Å². The Bertz CT molecular complexity index is 568. The predicted octanol–water partition coefficient (Wildman–Crippen LogP) is 4.65. The molecule has 0 amide bonds. The summed E-state index contributed by atoms with van der Waals surface area (Å²) in [7, 11) is 0. The van der Waals surface area contributed by atoms with Crippen LogP contribution in [0.4, 0.5) is 13.2 Å². The van der Waals surface area contributed by atoms with Crippen molar-refractivity contribution in [3.05, 3.63) is 50.6 Å². The molecule has 1 atom stereocenters. The maximum Gasteiger partial charge on any atom is 0.573 e. The highest BCUT2D eigenvalue weighted by Gasteiger charge is 2.30. The Balaban J connectivity index is 2.00. The van der Waals surface area contributed by atoms with E-state index in [9.17, 15) is 13.2 Å². The van der Waals surface area contributed by atoms with Crippen molar-refractivity contribution in [1.29, 1.82) is 0 Å². The first-order valence-corrected chi connectivity index (χ1v) is 7.30. The molecule has 1 unspecified atom stereocenters. The van der Waals surface area contributed by atoms with E-state index in [2.05, 4.69) is 20.7 Å². The second kappa shape index (κ2) is 6.15. The summed E-state index contributed by atoms with van der Waals surface area (Å²) < 4.78 is 40.9. The van der Waals surface area contributed by atoms with E-state index in [1.807, 2.05) is 12.1 Å². The lowest BCUT2D eigenvalue weighted by atomic mass is 10.1. The molecular weight excluding hydrogens is 355 g/mol. The molecule has 0 spiro atoms. The van der Waals surface area contributed by atoms with Crippen molar-refractivity contribution in [2.45, 2.75) is 18.8 Å². The summed E-state index contributed by atoms with van der Waals surface area (Å²) in [5.41, 5.74) is 6.92. The van der Waals surface area contributed by atoms with E-state index in [0.717, 1.165) is 14.2 Å². The molecule has 2 rings (SSSR count). The Morgan fingerprint density at radius 1 is 1.15 bits per heavy atom. The van der Waals surface area contributed by atoms with Gasteiger partial charge in [-0.3, -0.25) is 0 Å². The van der Waals surface area contributed by atoms with Gasteiger partial charge in [0.25, 0.3) is 0 Å². The average Bonchev–Trinajstić information content (AvgIpc) is 2.77. The van der Waals surface area contributed by atoms with Gasteiger partial charge in [-0.15, -0.1) is 24.5 Å². The van der Waals surface area contributed by atoms with Gasteiger partial charge in [0.2, 0.25) is 0 Å². The SMILES string of the molecule is NC(Cc1ccc(OC(F)(F)F)cc1)c1ccc(Br)s1. The number of ether oxygens (including phenoxy) is 1. The summed E-state index contributed by atoms with van der Waals surface area (Å²) >= 11 is 4.91. The topological polar surface area (TPSA) is 35.2 Å². The standard InChI is InChI=1S/C13H11BrF3NOS/c14-12-6-5-11(20-12)10(18)7-8-1-3-9(4-2-8)19-13(15,16)17/h1-6,10H,7,18H2. The molecule has 1 aromatic heterocycles. The van der Waals surface area contributed by atoms with Gasteiger partial charge in [-0.25, -0.2) is 0 Å². The van der Waals surface area contributed by atoms with Crippen LogP contribution in [0.15, 0.2) is 40.2 Å². The third kappa shape index (κ3) is 4.50. The summed E-state index contributed by atoms with van der Waals surface area (Å²) in [6, 6.07) is 9.42. The molecule has 0 aliphatic carbocycles. The second-order valence-corrected chi connectivity index (χ2v) is 6.64. The minimum atomic E-state index is -4.67. The van der Waals surface area contributed by atoms with E-state index in [-0.39, 0.29) is 11.8 Å². The molecule has 1 heterocycles. The van der Waals surface area contributed by atoms with Crippen LogP contribution in [-0.2, 0) is 6.42 Å². The van der Waals surface area contributed by atoms with Crippen LogP contribution in [0.25, 0.3) is 0 Å². The summed E-state index contributed by atoms with van der Waals surface area (Å²) in [5.74, 6) is -0.228. The third-order valence-electron chi connectivity index (χ3n) is 2.57. The van der Waals surface area contributed by atoms with E-state index in [1.165, 1.54) is 12.1 Å². The fourth-order valence-electron chi connectivity index (χ4n) is 1.71. The van der Waals surface area contributed by atoms with Gasteiger partial charge in [0.05, 0.1) is 3.79 Å². The first kappa shape index (κ1) is 15.3. The van der Waals surface area contributed by atoms with Crippen LogP contribution in [-0.4, -0.2) is 6.36 Å². The van der Waals surface area contributed by atoms with E-state index >= 15 is 0 Å². The molecule has 0 saturated heterocycles. The largest absolute Gasteiger partial charge is 0.573 e. The molecular formula is C13H11BrF3NOS. The molecule has 0 aliphatic heterocycles. The van der Waals surface area contributed by atoms with Gasteiger partial charge in [0, 0.05) is 10.9 Å². The maximum absolute atomic E-state index is 12.0. The zero-order valence-corrected chi connectivity index (χ0v) is 12.6. The molecule has 0 saturated carbocycles. The number of benzene rings is 1. The van der Waals surface area contributed by atoms with Crippen LogP contribution in [0, 0.1) is 0 Å². The minimum Gasteiger partial charge on any atom is -0.406 e. The van der Waals surface area contributed by atoms with Crippen LogP contribution >= 0.6 is 27.3 Å². The van der Waals surface area contributed by atoms with Crippen LogP contribution in [0.1, 0.15) is 16.5 Å². The smallest absolute Gasteiger partial charge is 0.406 e. The van der Waals surface area contributed by atoms with Gasteiger partial charge < -0.3 is 10.5 Å². The van der Waals surface area contributed by atoms with Gasteiger partial charge in [-0.1, -0.05) is 12.1 Å². The fourth-order valence-corrected chi connectivity index (χ4v) is 3.13. The Hall–Kier alpha value is -1.05. The van der Waals surface area contributed by atoms with Gasteiger partial charge >= 0.3 is 6.36 Å². The number of hydrogen-bond acceptors (Lipinski definition) is 3. The van der Waals surface area contributed by atoms with Gasteiger partial charge in [-0.2, -0.15) is 0 Å². The van der Waals surface area contributed by atoms with E-state index < -0.39 is 6.36 Å². The number of nitrogens with two attached hydrogens (primary N) is 1. The molecule has 7 heteroatoms. The lowest BCUT2D eigenvalue weighted by Gasteiger charge is -2.11. The van der Waals surface area contributed by atoms with Crippen LogP contribution in [0.3, 0.4) is 0 Å². The first-order chi connectivity index (χ1) is 9.33. The lowest BCUT2D eigenvalue weighted by molar-refractivity contribution is -0.274. The number of rotatable bonds is 4. The van der Waals surface area contributed by atoms with Gasteiger partial charge in [-0.05, 0) is 52.2 Å². The normalized spacial score (nSPS) is 13.2. The summed E-state index contributed by atoms with van der Waals surface area (Å²) in [4.78, 5) is 1.02. The molecule has 20 heavy (non-hydrogen) atoms. The predicted molar refractivity (Wildman–Crippen MR) is 75.8 cm³/mol. The summed E-state index contributed by atoms with van der Waals surface area (Å²) in [6.07, 6.45) is -4.11. The van der Waals surface area contributed by atoms with Crippen molar-refractivity contribution in [3.63, 3.8) is 0 Å². The number of halogens is 4. The number of alkyl halides is 3. The highest BCUT2D eigenvalue weighted by molar-refractivity contribution is 9.11. The maximum atomic E-state index is 12.0. The van der Waals surface area contributed by atoms with Crippen LogP contribution in [0.2, 0.25) is 0 Å². The molecule has 2 aromatic rings. The molecule has 2 nitrogen and oxygen atoms in total. The molecule has 0 aliphatic rings. The lowest BCUT2D eigenvalue weighted by Crippen LogP contribution is -2.17. The van der Waals surface area contributed by atoms with Gasteiger partial charge in [0.1, 0.15) is 5.75 Å². The van der Waals surface area contributed by atoms with Crippen LogP contribution < -0.4 is 10.5 Å². The summed E-state index contributed by atoms with van der Waals surface area (Å²) in [5, 5.41) is 0. The van der Waals surface area contributed by atoms with Crippen molar-refractivity contribution in [2.75, 3.05) is 0 Å². The first-order valence-electron chi connectivity index (χ1n) is 5.69. The van der Waals surface area contributed by atoms with Crippen molar-refractivity contribution >= 4 is 27.3 Å². The van der Waals surface area contributed by atoms with Crippen molar-refractivity contribution in [1.82, 2.24) is 0 Å². The van der Waals surface area contributed by atoms with E-state index in [1.54, 1.807) is 23.5 Å². The summed E-state index contributed by atoms with van der Waals surface area (Å²) in [6.45, 7) is 0. The zero-order chi connectivity index (χ0) is 14.8. The molecule has 0 bridgehead atoms. The highest BCUT2D eigenvalue weighted by Crippen LogP contribution is 2.29. The van der Waals surface area contributed by atoms with Crippen molar-refractivity contribution in [3.8, 4) is 5.75 Å². The Morgan fingerprint density at radius 2 is 1.80 bits per heavy atom. The Morgan fingerprint density at radius 3 is 2.30 bits per heavy atom. The number of thiophene rings is 1. The monoisotopic (exact) mass is 365 g/mol. The third-order valence-corrected chi connectivity index (χ3v) is 4.33. The van der Waals surface area contributed by atoms with Crippen molar-refractivity contribution < 1.29 is 17.9 Å². The molecule has 0 radical (unpaired) electrons. The average molecular weight is 366 g/mol. The van der Waals surface area contributed by atoms with Crippen molar-refractivity contribution in [2.24, 2.45) is 5.73 Å². The quantitative estimate of drug-likeness (QED) is 0.855. The number of hydrogen-bond donors (Lipinski definition) is 1. The van der Waals surface area contributed by atoms with E-state index in [4.69, 9.17) is 5.73 Å². The Kier molecular flexibility index (Phi) is 4.72. The molecule has 2 N–H and O–H groups in total. The van der Waals surface area contributed by atoms with E-state index in [0.29, 0.717) is 6.42 Å². The highest BCUT2D eigenvalue weighted by atomic mass is 79.9. The molecule has 108 valence electrons. The fraction of sp³-hybridized carbons (Fsp3) is 0.231. The van der Waals surface area contributed by atoms with Gasteiger partial charge in [0.15, 0.2) is 0 Å². The second-order valence-electron chi connectivity index (χ2n) is 4.14.